The first-order chi connectivity index (χ1) is 12.2. The molecule has 3 aromatic rings. The minimum atomic E-state index is -0.0733. The van der Waals surface area contributed by atoms with Crippen LogP contribution >= 0.6 is 22.6 Å². The molecule has 0 saturated heterocycles. The molecule has 0 aliphatic carbocycles. The first-order valence-electron chi connectivity index (χ1n) is 7.92. The van der Waals surface area contributed by atoms with Crippen LogP contribution in [-0.2, 0) is 24.5 Å². The maximum atomic E-state index is 12.2. The molecule has 0 fully saturated rings. The molecule has 0 unspecified atom stereocenters. The summed E-state index contributed by atoms with van der Waals surface area (Å²) in [6.07, 6.45) is 1.63. The van der Waals surface area contributed by atoms with Gasteiger partial charge in [0.15, 0.2) is 0 Å². The fraction of sp³-hybridized carbons (Fsp3) is 0.150. The van der Waals surface area contributed by atoms with Crippen molar-refractivity contribution >= 4 is 28.5 Å². The molecule has 128 valence electrons. The van der Waals surface area contributed by atoms with Crippen LogP contribution in [0.15, 0.2) is 71.3 Å². The van der Waals surface area contributed by atoms with E-state index >= 15 is 0 Å². The maximum Gasteiger partial charge on any atom is 0.251 e. The molecule has 0 spiro atoms. The molecule has 3 rings (SSSR count). The Morgan fingerprint density at radius 3 is 2.56 bits per heavy atom. The van der Waals surface area contributed by atoms with E-state index in [9.17, 15) is 4.79 Å². The number of furan rings is 1. The largest absolute Gasteiger partial charge is 0.467 e. The smallest absolute Gasteiger partial charge is 0.251 e. The predicted octanol–water partition coefficient (Wildman–Crippen LogP) is 4.53. The average Bonchev–Trinajstić information content (AvgIpc) is 3.14. The van der Waals surface area contributed by atoms with Gasteiger partial charge in [-0.15, -0.1) is 0 Å². The molecule has 0 aliphatic rings. The fourth-order valence-electron chi connectivity index (χ4n) is 2.38. The van der Waals surface area contributed by atoms with Crippen molar-refractivity contribution in [2.24, 2.45) is 0 Å². The Morgan fingerprint density at radius 2 is 1.80 bits per heavy atom. The molecule has 4 nitrogen and oxygen atoms in total. The molecule has 0 atom stereocenters. The number of carbonyl (C=O) groups excluding carboxylic acids is 1. The van der Waals surface area contributed by atoms with Crippen LogP contribution in [0.5, 0.6) is 0 Å². The zero-order chi connectivity index (χ0) is 17.5. The molecular formula is C20H18INO3. The van der Waals surface area contributed by atoms with Gasteiger partial charge >= 0.3 is 0 Å². The number of amides is 1. The molecule has 1 aromatic heterocycles. The first kappa shape index (κ1) is 17.7. The highest BCUT2D eigenvalue weighted by molar-refractivity contribution is 14.1. The highest BCUT2D eigenvalue weighted by atomic mass is 127. The number of halogens is 1. The second-order valence-corrected chi connectivity index (χ2v) is 6.83. The van der Waals surface area contributed by atoms with Crippen LogP contribution in [-0.4, -0.2) is 5.91 Å². The van der Waals surface area contributed by atoms with Crippen LogP contribution in [0.3, 0.4) is 0 Å². The first-order valence-corrected chi connectivity index (χ1v) is 9.00. The van der Waals surface area contributed by atoms with E-state index < -0.39 is 0 Å². The van der Waals surface area contributed by atoms with E-state index in [0.29, 0.717) is 25.3 Å². The van der Waals surface area contributed by atoms with Crippen LogP contribution in [0.4, 0.5) is 0 Å². The Morgan fingerprint density at radius 1 is 1.00 bits per heavy atom. The molecule has 1 heterocycles. The molecule has 2 aromatic carbocycles. The van der Waals surface area contributed by atoms with Crippen molar-refractivity contribution < 1.29 is 13.9 Å². The van der Waals surface area contributed by atoms with Crippen molar-refractivity contribution in [2.75, 3.05) is 0 Å². The van der Waals surface area contributed by atoms with Gasteiger partial charge in [0, 0.05) is 15.7 Å². The summed E-state index contributed by atoms with van der Waals surface area (Å²) in [5.74, 6) is 0.733. The standard InChI is InChI=1S/C20H18INO3/c21-18-8-6-17(7-9-18)20(23)22-12-15-3-1-4-16(11-15)13-24-14-19-5-2-10-25-19/h1-11H,12-14H2,(H,22,23). The molecule has 25 heavy (non-hydrogen) atoms. The van der Waals surface area contributed by atoms with Gasteiger partial charge in [-0.2, -0.15) is 0 Å². The lowest BCUT2D eigenvalue weighted by Crippen LogP contribution is -2.22. The lowest BCUT2D eigenvalue weighted by Gasteiger charge is -2.08. The normalized spacial score (nSPS) is 10.6. The highest BCUT2D eigenvalue weighted by Crippen LogP contribution is 2.10. The number of ether oxygens (including phenoxy) is 1. The predicted molar refractivity (Wildman–Crippen MR) is 104 cm³/mol. The maximum absolute atomic E-state index is 12.2. The average molecular weight is 447 g/mol. The summed E-state index contributed by atoms with van der Waals surface area (Å²) >= 11 is 2.22. The minimum Gasteiger partial charge on any atom is -0.467 e. The molecule has 0 aliphatic heterocycles. The van der Waals surface area contributed by atoms with Crippen molar-refractivity contribution in [3.05, 3.63) is 92.9 Å². The fourth-order valence-corrected chi connectivity index (χ4v) is 2.74. The summed E-state index contributed by atoms with van der Waals surface area (Å²) in [5, 5.41) is 2.94. The van der Waals surface area contributed by atoms with Crippen LogP contribution in [0.2, 0.25) is 0 Å². The number of hydrogen-bond donors (Lipinski definition) is 1. The summed E-state index contributed by atoms with van der Waals surface area (Å²) < 4.78 is 12.0. The Kier molecular flexibility index (Phi) is 6.25. The van der Waals surface area contributed by atoms with Crippen molar-refractivity contribution in [3.8, 4) is 0 Å². The van der Waals surface area contributed by atoms with E-state index in [1.165, 1.54) is 0 Å². The van der Waals surface area contributed by atoms with Gasteiger partial charge in [-0.3, -0.25) is 4.79 Å². The van der Waals surface area contributed by atoms with Crippen LogP contribution in [0, 0.1) is 3.57 Å². The van der Waals surface area contributed by atoms with E-state index in [1.54, 1.807) is 6.26 Å². The van der Waals surface area contributed by atoms with Crippen molar-refractivity contribution in [1.29, 1.82) is 0 Å². The summed E-state index contributed by atoms with van der Waals surface area (Å²) in [7, 11) is 0. The Bertz CT molecular complexity index is 813. The van der Waals surface area contributed by atoms with E-state index in [-0.39, 0.29) is 5.91 Å². The third-order valence-corrected chi connectivity index (χ3v) is 4.36. The highest BCUT2D eigenvalue weighted by Gasteiger charge is 2.05. The summed E-state index contributed by atoms with van der Waals surface area (Å²) in [6.45, 7) is 1.43. The third kappa shape index (κ3) is 5.44. The quantitative estimate of drug-likeness (QED) is 0.542. The Labute approximate surface area is 160 Å². The van der Waals surface area contributed by atoms with Gasteiger partial charge in [-0.1, -0.05) is 24.3 Å². The molecule has 5 heteroatoms. The monoisotopic (exact) mass is 447 g/mol. The van der Waals surface area contributed by atoms with Gasteiger partial charge in [0.25, 0.3) is 5.91 Å². The van der Waals surface area contributed by atoms with Crippen LogP contribution in [0.1, 0.15) is 27.2 Å². The molecule has 1 amide bonds. The van der Waals surface area contributed by atoms with Gasteiger partial charge < -0.3 is 14.5 Å². The van der Waals surface area contributed by atoms with E-state index in [2.05, 4.69) is 27.9 Å². The van der Waals surface area contributed by atoms with E-state index in [1.807, 2.05) is 60.7 Å². The number of rotatable bonds is 7. The third-order valence-electron chi connectivity index (χ3n) is 3.64. The lowest BCUT2D eigenvalue weighted by molar-refractivity contribution is 0.0928. The molecule has 0 radical (unpaired) electrons. The molecule has 1 N–H and O–H groups in total. The minimum absolute atomic E-state index is 0.0733. The zero-order valence-electron chi connectivity index (χ0n) is 13.6. The van der Waals surface area contributed by atoms with E-state index in [4.69, 9.17) is 9.15 Å². The topological polar surface area (TPSA) is 51.5 Å². The van der Waals surface area contributed by atoms with Crippen molar-refractivity contribution in [2.45, 2.75) is 19.8 Å². The van der Waals surface area contributed by atoms with Crippen molar-refractivity contribution in [3.63, 3.8) is 0 Å². The lowest BCUT2D eigenvalue weighted by atomic mass is 10.1. The van der Waals surface area contributed by atoms with Gasteiger partial charge in [0.1, 0.15) is 12.4 Å². The Balaban J connectivity index is 1.50. The van der Waals surface area contributed by atoms with Crippen LogP contribution < -0.4 is 5.32 Å². The van der Waals surface area contributed by atoms with E-state index in [0.717, 1.165) is 20.5 Å². The number of carbonyl (C=O) groups is 1. The Hall–Kier alpha value is -2.12. The van der Waals surface area contributed by atoms with Crippen LogP contribution in [0.25, 0.3) is 0 Å². The van der Waals surface area contributed by atoms with Gasteiger partial charge in [0.05, 0.1) is 12.9 Å². The number of hydrogen-bond acceptors (Lipinski definition) is 3. The summed E-state index contributed by atoms with van der Waals surface area (Å²) in [4.78, 5) is 12.2. The van der Waals surface area contributed by atoms with Crippen molar-refractivity contribution in [1.82, 2.24) is 5.32 Å². The second-order valence-electron chi connectivity index (χ2n) is 5.58. The SMILES string of the molecule is O=C(NCc1cccc(COCc2ccco2)c1)c1ccc(I)cc1. The van der Waals surface area contributed by atoms with Gasteiger partial charge in [-0.05, 0) is 70.1 Å². The summed E-state index contributed by atoms with van der Waals surface area (Å²) in [6, 6.07) is 19.2. The molecule has 0 bridgehead atoms. The second kappa shape index (κ2) is 8.82. The van der Waals surface area contributed by atoms with Gasteiger partial charge in [-0.25, -0.2) is 0 Å². The zero-order valence-corrected chi connectivity index (χ0v) is 15.7. The van der Waals surface area contributed by atoms with Gasteiger partial charge in [0.2, 0.25) is 0 Å². The molecular weight excluding hydrogens is 429 g/mol. The summed E-state index contributed by atoms with van der Waals surface area (Å²) in [5.41, 5.74) is 2.77. The number of nitrogens with one attached hydrogen (secondary N) is 1. The molecule has 0 saturated carbocycles. The number of benzene rings is 2.